The lowest BCUT2D eigenvalue weighted by molar-refractivity contribution is -0.123. The van der Waals surface area contributed by atoms with Gasteiger partial charge in [-0.05, 0) is 62.5 Å². The number of rotatable bonds is 7. The number of nitrogens with zero attached hydrogens (tertiary/aromatic N) is 2. The van der Waals surface area contributed by atoms with E-state index in [1.54, 1.807) is 13.8 Å². The molecule has 146 valence electrons. The van der Waals surface area contributed by atoms with Crippen LogP contribution < -0.4 is 0 Å². The molecular weight excluding hydrogens is 380 g/mol. The quantitative estimate of drug-likeness (QED) is 0.696. The normalized spacial score (nSPS) is 20.7. The van der Waals surface area contributed by atoms with E-state index in [1.807, 2.05) is 29.6 Å². The maximum absolute atomic E-state index is 12.6. The molecule has 0 unspecified atom stereocenters. The molecule has 1 saturated carbocycles. The second-order valence-corrected chi connectivity index (χ2v) is 10.9. The first-order valence-corrected chi connectivity index (χ1v) is 12.0. The van der Waals surface area contributed by atoms with Crippen LogP contribution in [0.5, 0.6) is 0 Å². The average Bonchev–Trinajstić information content (AvgIpc) is 3.17. The first-order chi connectivity index (χ1) is 12.8. The van der Waals surface area contributed by atoms with Crippen molar-refractivity contribution >= 4 is 27.2 Å². The van der Waals surface area contributed by atoms with Crippen LogP contribution in [0.4, 0.5) is 0 Å². The summed E-state index contributed by atoms with van der Waals surface area (Å²) in [6.07, 6.45) is 3.71. The van der Waals surface area contributed by atoms with Gasteiger partial charge in [-0.2, -0.15) is 0 Å². The minimum atomic E-state index is -3.00. The van der Waals surface area contributed by atoms with Gasteiger partial charge < -0.3 is 0 Å². The van der Waals surface area contributed by atoms with E-state index in [2.05, 4.69) is 9.59 Å². The van der Waals surface area contributed by atoms with Crippen molar-refractivity contribution in [3.05, 3.63) is 35.2 Å². The molecule has 1 aromatic heterocycles. The zero-order chi connectivity index (χ0) is 19.4. The van der Waals surface area contributed by atoms with E-state index in [4.69, 9.17) is 0 Å². The smallest absolute Gasteiger partial charge is 0.152 e. The zero-order valence-corrected chi connectivity index (χ0v) is 17.4. The Kier molecular flexibility index (Phi) is 6.42. The Labute approximate surface area is 165 Å². The number of hydrogen-bond acceptors (Lipinski definition) is 6. The second-order valence-electron chi connectivity index (χ2n) is 7.73. The highest BCUT2D eigenvalue weighted by Crippen LogP contribution is 2.31. The molecule has 0 radical (unpaired) electrons. The molecule has 2 aromatic rings. The molecule has 27 heavy (non-hydrogen) atoms. The Morgan fingerprint density at radius 2 is 1.81 bits per heavy atom. The van der Waals surface area contributed by atoms with E-state index in [0.717, 1.165) is 42.5 Å². The van der Waals surface area contributed by atoms with Crippen LogP contribution in [0.25, 0.3) is 11.3 Å². The summed E-state index contributed by atoms with van der Waals surface area (Å²) in [6.45, 7) is 3.47. The van der Waals surface area contributed by atoms with Crippen molar-refractivity contribution in [2.24, 2.45) is 11.8 Å². The topological polar surface area (TPSA) is 77.0 Å². The molecule has 1 aliphatic rings. The van der Waals surface area contributed by atoms with Gasteiger partial charge in [0.1, 0.15) is 11.5 Å². The van der Waals surface area contributed by atoms with Gasteiger partial charge in [0.05, 0.1) is 11.0 Å². The number of benzene rings is 1. The van der Waals surface area contributed by atoms with Gasteiger partial charge in [0.2, 0.25) is 0 Å². The summed E-state index contributed by atoms with van der Waals surface area (Å²) in [5.41, 5.74) is 2.87. The van der Waals surface area contributed by atoms with Gasteiger partial charge in [-0.1, -0.05) is 28.8 Å². The van der Waals surface area contributed by atoms with Gasteiger partial charge in [0.25, 0.3) is 0 Å². The van der Waals surface area contributed by atoms with Gasteiger partial charge in [-0.3, -0.25) is 4.79 Å². The number of hydrogen-bond donors (Lipinski definition) is 0. The summed E-state index contributed by atoms with van der Waals surface area (Å²) >= 11 is 1.32. The molecule has 0 bridgehead atoms. The standard InChI is InChI=1S/C20H26N2O3S2/c1-14(2)27(24,25)13-16-5-9-18(10-6-16)20(23)11-15-3-7-17(8-4-15)19-12-26-22-21-19/h3-4,7-8,12,14,16,18H,5-6,9-11,13H2,1-2H3. The summed E-state index contributed by atoms with van der Waals surface area (Å²) in [5, 5.41) is 5.63. The minimum absolute atomic E-state index is 0.0606. The monoisotopic (exact) mass is 406 g/mol. The predicted molar refractivity (Wildman–Crippen MR) is 108 cm³/mol. The molecule has 1 heterocycles. The fraction of sp³-hybridized carbons (Fsp3) is 0.550. The Balaban J connectivity index is 1.51. The van der Waals surface area contributed by atoms with E-state index in [-0.39, 0.29) is 28.6 Å². The Hall–Kier alpha value is -1.60. The summed E-state index contributed by atoms with van der Waals surface area (Å²) in [5.74, 6) is 0.791. The van der Waals surface area contributed by atoms with Gasteiger partial charge in [-0.25, -0.2) is 8.42 Å². The summed E-state index contributed by atoms with van der Waals surface area (Å²) < 4.78 is 28.1. The van der Waals surface area contributed by atoms with Crippen molar-refractivity contribution in [1.82, 2.24) is 9.59 Å². The number of ketones is 1. The van der Waals surface area contributed by atoms with Gasteiger partial charge in [0, 0.05) is 23.3 Å². The minimum Gasteiger partial charge on any atom is -0.299 e. The molecular formula is C20H26N2O3S2. The summed E-state index contributed by atoms with van der Waals surface area (Å²) in [7, 11) is -3.00. The fourth-order valence-electron chi connectivity index (χ4n) is 3.60. The first-order valence-electron chi connectivity index (χ1n) is 9.46. The lowest BCUT2D eigenvalue weighted by Gasteiger charge is -2.28. The molecule has 7 heteroatoms. The number of carbonyl (C=O) groups excluding carboxylic acids is 1. The average molecular weight is 407 g/mol. The molecule has 1 fully saturated rings. The van der Waals surface area contributed by atoms with Crippen LogP contribution >= 0.6 is 11.5 Å². The number of Topliss-reactive ketones (excluding diaryl/α,β-unsaturated/α-hetero) is 1. The van der Waals surface area contributed by atoms with Crippen molar-refractivity contribution in [3.63, 3.8) is 0 Å². The largest absolute Gasteiger partial charge is 0.299 e. The molecule has 0 aliphatic heterocycles. The number of carbonyl (C=O) groups is 1. The number of aromatic nitrogens is 2. The zero-order valence-electron chi connectivity index (χ0n) is 15.8. The Bertz CT molecular complexity index is 851. The predicted octanol–water partition coefficient (Wildman–Crippen LogP) is 3.95. The van der Waals surface area contributed by atoms with Crippen LogP contribution in [0.3, 0.4) is 0 Å². The van der Waals surface area contributed by atoms with Gasteiger partial charge >= 0.3 is 0 Å². The van der Waals surface area contributed by atoms with E-state index in [1.165, 1.54) is 11.5 Å². The summed E-state index contributed by atoms with van der Waals surface area (Å²) in [4.78, 5) is 12.6. The van der Waals surface area contributed by atoms with E-state index >= 15 is 0 Å². The molecule has 0 atom stereocenters. The maximum Gasteiger partial charge on any atom is 0.152 e. The van der Waals surface area contributed by atoms with Gasteiger partial charge in [-0.15, -0.1) is 5.10 Å². The highest BCUT2D eigenvalue weighted by molar-refractivity contribution is 7.91. The van der Waals surface area contributed by atoms with Crippen molar-refractivity contribution in [1.29, 1.82) is 0 Å². The van der Waals surface area contributed by atoms with Crippen molar-refractivity contribution < 1.29 is 13.2 Å². The Morgan fingerprint density at radius 3 is 2.37 bits per heavy atom. The lowest BCUT2D eigenvalue weighted by atomic mass is 9.79. The van der Waals surface area contributed by atoms with Crippen LogP contribution in [0.1, 0.15) is 45.1 Å². The molecule has 1 aromatic carbocycles. The van der Waals surface area contributed by atoms with Crippen molar-refractivity contribution in [3.8, 4) is 11.3 Å². The van der Waals surface area contributed by atoms with E-state index < -0.39 is 9.84 Å². The van der Waals surface area contributed by atoms with Crippen LogP contribution in [-0.4, -0.2) is 34.8 Å². The fourth-order valence-corrected chi connectivity index (χ4v) is 5.44. The highest BCUT2D eigenvalue weighted by atomic mass is 32.2. The SMILES string of the molecule is CC(C)S(=O)(=O)CC1CCC(C(=O)Cc2ccc(-c3csnn3)cc2)CC1. The van der Waals surface area contributed by atoms with E-state index in [9.17, 15) is 13.2 Å². The Morgan fingerprint density at radius 1 is 1.15 bits per heavy atom. The third-order valence-electron chi connectivity index (χ3n) is 5.48. The van der Waals surface area contributed by atoms with E-state index in [0.29, 0.717) is 6.42 Å². The summed E-state index contributed by atoms with van der Waals surface area (Å²) in [6, 6.07) is 7.92. The van der Waals surface area contributed by atoms with Crippen molar-refractivity contribution in [2.45, 2.75) is 51.2 Å². The third-order valence-corrected chi connectivity index (χ3v) is 8.35. The van der Waals surface area contributed by atoms with Crippen LogP contribution in [0, 0.1) is 11.8 Å². The molecule has 0 amide bonds. The molecule has 0 saturated heterocycles. The van der Waals surface area contributed by atoms with Crippen LogP contribution in [0.2, 0.25) is 0 Å². The number of sulfone groups is 1. The molecule has 0 spiro atoms. The lowest BCUT2D eigenvalue weighted by Crippen LogP contribution is -2.29. The maximum atomic E-state index is 12.6. The molecule has 5 nitrogen and oxygen atoms in total. The molecule has 3 rings (SSSR count). The van der Waals surface area contributed by atoms with Crippen molar-refractivity contribution in [2.75, 3.05) is 5.75 Å². The third kappa shape index (κ3) is 5.23. The van der Waals surface area contributed by atoms with Gasteiger partial charge in [0.15, 0.2) is 9.84 Å². The first kappa shape index (κ1) is 20.1. The van der Waals surface area contributed by atoms with Crippen LogP contribution in [-0.2, 0) is 21.1 Å². The van der Waals surface area contributed by atoms with Crippen LogP contribution in [0.15, 0.2) is 29.6 Å². The molecule has 1 aliphatic carbocycles. The molecule has 0 N–H and O–H groups in total. The second kappa shape index (κ2) is 8.61. The highest BCUT2D eigenvalue weighted by Gasteiger charge is 2.29.